The number of fused-ring (bicyclic) bond motifs is 3. The summed E-state index contributed by atoms with van der Waals surface area (Å²) >= 11 is 0. The number of benzene rings is 2. The summed E-state index contributed by atoms with van der Waals surface area (Å²) in [5.74, 6) is 0.159. The molecular formula is C31H35N3O. The monoisotopic (exact) mass is 465 g/mol. The minimum atomic E-state index is -0.223. The maximum atomic E-state index is 13.9. The second kappa shape index (κ2) is 8.35. The molecule has 0 amide bonds. The summed E-state index contributed by atoms with van der Waals surface area (Å²) in [6.07, 6.45) is 6.85. The number of piperidine rings is 1. The molecule has 0 aromatic heterocycles. The number of allylic oxidation sites excluding steroid dienone is 2. The molecule has 2 fully saturated rings. The van der Waals surface area contributed by atoms with E-state index in [1.165, 1.54) is 61.2 Å². The molecule has 6 rings (SSSR count). The Kier molecular flexibility index (Phi) is 5.38. The van der Waals surface area contributed by atoms with Gasteiger partial charge in [-0.1, -0.05) is 26.8 Å². The molecular weight excluding hydrogens is 430 g/mol. The van der Waals surface area contributed by atoms with E-state index in [1.54, 1.807) is 0 Å². The van der Waals surface area contributed by atoms with Gasteiger partial charge in [-0.25, -0.2) is 0 Å². The fourth-order valence-corrected chi connectivity index (χ4v) is 7.08. The zero-order valence-corrected chi connectivity index (χ0v) is 21.3. The maximum Gasteiger partial charge on any atom is 0.193 e. The van der Waals surface area contributed by atoms with Crippen LogP contribution in [0.15, 0.2) is 35.9 Å². The fourth-order valence-electron chi connectivity index (χ4n) is 7.08. The normalized spacial score (nSPS) is 21.7. The van der Waals surface area contributed by atoms with Crippen LogP contribution in [-0.4, -0.2) is 42.9 Å². The van der Waals surface area contributed by atoms with Crippen LogP contribution < -0.4 is 4.90 Å². The van der Waals surface area contributed by atoms with Crippen molar-refractivity contribution in [2.45, 2.75) is 70.8 Å². The first-order valence-electron chi connectivity index (χ1n) is 13.4. The summed E-state index contributed by atoms with van der Waals surface area (Å²) in [6.45, 7) is 11.5. The number of hydrogen-bond donors (Lipinski definition) is 0. The topological polar surface area (TPSA) is 47.3 Å². The molecule has 180 valence electrons. The summed E-state index contributed by atoms with van der Waals surface area (Å²) in [5, 5.41) is 9.38. The van der Waals surface area contributed by atoms with Crippen LogP contribution in [-0.2, 0) is 18.3 Å². The van der Waals surface area contributed by atoms with Gasteiger partial charge in [0.05, 0.1) is 11.6 Å². The predicted octanol–water partition coefficient (Wildman–Crippen LogP) is 5.67. The molecule has 2 aliphatic heterocycles. The van der Waals surface area contributed by atoms with Gasteiger partial charge in [0.2, 0.25) is 0 Å². The Hall–Kier alpha value is -2.90. The molecule has 0 saturated carbocycles. The lowest BCUT2D eigenvalue weighted by molar-refractivity contribution is 0.105. The minimum Gasteiger partial charge on any atom is -0.371 e. The van der Waals surface area contributed by atoms with E-state index in [-0.39, 0.29) is 11.2 Å². The van der Waals surface area contributed by atoms with Crippen molar-refractivity contribution in [1.82, 2.24) is 4.90 Å². The Labute approximate surface area is 209 Å². The Morgan fingerprint density at radius 2 is 1.77 bits per heavy atom. The molecule has 0 N–H and O–H groups in total. The first-order valence-corrected chi connectivity index (χ1v) is 13.4. The van der Waals surface area contributed by atoms with Gasteiger partial charge in [-0.05, 0) is 104 Å². The van der Waals surface area contributed by atoms with Gasteiger partial charge in [0.1, 0.15) is 0 Å². The SMILES string of the molecule is CCc1cc2c(cc1N1CCC(N3CCCC3)CC1)C(C)(C)C1=C(C2=O)c2ccc(C#N)cc2C1. The van der Waals surface area contributed by atoms with E-state index in [0.717, 1.165) is 54.2 Å². The zero-order chi connectivity index (χ0) is 24.3. The molecule has 4 heteroatoms. The highest BCUT2D eigenvalue weighted by Gasteiger charge is 2.43. The standard InChI is InChI=1S/C31H35N3O/c1-4-21-16-25-26(18-28(21)34-13-9-23(10-14-34)33-11-5-6-12-33)31(2,3)27-17-22-15-20(19-32)7-8-24(22)29(27)30(25)35/h7-8,15-16,18,23H,4-6,9-14,17H2,1-3H3. The van der Waals surface area contributed by atoms with Crippen molar-refractivity contribution in [3.8, 4) is 6.07 Å². The highest BCUT2D eigenvalue weighted by Crippen LogP contribution is 2.51. The maximum absolute atomic E-state index is 13.9. The molecule has 2 saturated heterocycles. The smallest absolute Gasteiger partial charge is 0.193 e. The molecule has 0 radical (unpaired) electrons. The van der Waals surface area contributed by atoms with Gasteiger partial charge in [0.25, 0.3) is 0 Å². The lowest BCUT2D eigenvalue weighted by Gasteiger charge is -2.40. The van der Waals surface area contributed by atoms with Gasteiger partial charge in [0.15, 0.2) is 5.78 Å². The highest BCUT2D eigenvalue weighted by molar-refractivity contribution is 6.33. The molecule has 2 aromatic rings. The second-order valence-electron chi connectivity index (χ2n) is 11.3. The summed E-state index contributed by atoms with van der Waals surface area (Å²) in [6, 6.07) is 13.3. The van der Waals surface area contributed by atoms with E-state index >= 15 is 0 Å². The van der Waals surface area contributed by atoms with Crippen LogP contribution in [0.1, 0.15) is 84.6 Å². The molecule has 0 unspecified atom stereocenters. The number of carbonyl (C=O) groups is 1. The Bertz CT molecular complexity index is 1280. The number of nitriles is 1. The number of Topliss-reactive ketones (excluding diaryl/α,β-unsaturated/α-hetero) is 1. The first-order chi connectivity index (χ1) is 16.9. The first kappa shape index (κ1) is 22.6. The third kappa shape index (κ3) is 3.47. The Morgan fingerprint density at radius 1 is 1.03 bits per heavy atom. The van der Waals surface area contributed by atoms with Gasteiger partial charge in [-0.3, -0.25) is 4.79 Å². The molecule has 4 nitrogen and oxygen atoms in total. The summed E-state index contributed by atoms with van der Waals surface area (Å²) in [4.78, 5) is 19.2. The summed E-state index contributed by atoms with van der Waals surface area (Å²) < 4.78 is 0. The Balaban J connectivity index is 1.36. The van der Waals surface area contributed by atoms with Crippen LogP contribution in [0.25, 0.3) is 5.57 Å². The predicted molar refractivity (Wildman–Crippen MR) is 141 cm³/mol. The number of anilines is 1. The third-order valence-electron chi connectivity index (χ3n) is 9.13. The highest BCUT2D eigenvalue weighted by atomic mass is 16.1. The number of rotatable bonds is 3. The lowest BCUT2D eigenvalue weighted by Crippen LogP contribution is -2.44. The van der Waals surface area contributed by atoms with Crippen LogP contribution in [0.5, 0.6) is 0 Å². The molecule has 0 bridgehead atoms. The number of carbonyl (C=O) groups excluding carboxylic acids is 1. The van der Waals surface area contributed by atoms with E-state index in [1.807, 2.05) is 18.2 Å². The molecule has 4 aliphatic rings. The van der Waals surface area contributed by atoms with E-state index < -0.39 is 0 Å². The van der Waals surface area contributed by atoms with Crippen molar-refractivity contribution in [1.29, 1.82) is 5.26 Å². The third-order valence-corrected chi connectivity index (χ3v) is 9.13. The minimum absolute atomic E-state index is 0.159. The van der Waals surface area contributed by atoms with Gasteiger partial charge in [-0.15, -0.1) is 0 Å². The zero-order valence-electron chi connectivity index (χ0n) is 21.3. The molecule has 0 atom stereocenters. The molecule has 35 heavy (non-hydrogen) atoms. The average molecular weight is 466 g/mol. The van der Waals surface area contributed by atoms with Crippen LogP contribution in [0.3, 0.4) is 0 Å². The largest absolute Gasteiger partial charge is 0.371 e. The van der Waals surface area contributed by atoms with Crippen molar-refractivity contribution < 1.29 is 4.79 Å². The average Bonchev–Trinajstić information content (AvgIpc) is 3.55. The van der Waals surface area contributed by atoms with Gasteiger partial charge < -0.3 is 9.80 Å². The van der Waals surface area contributed by atoms with Gasteiger partial charge in [-0.2, -0.15) is 5.26 Å². The molecule has 0 spiro atoms. The van der Waals surface area contributed by atoms with Crippen molar-refractivity contribution >= 4 is 17.0 Å². The quantitative estimate of drug-likeness (QED) is 0.586. The van der Waals surface area contributed by atoms with Gasteiger partial charge >= 0.3 is 0 Å². The number of nitrogens with zero attached hydrogens (tertiary/aromatic N) is 3. The fraction of sp³-hybridized carbons (Fsp3) is 0.484. The van der Waals surface area contributed by atoms with Crippen LogP contribution in [0, 0.1) is 11.3 Å². The van der Waals surface area contributed by atoms with Crippen LogP contribution in [0.2, 0.25) is 0 Å². The Morgan fingerprint density at radius 3 is 2.46 bits per heavy atom. The number of ketones is 1. The van der Waals surface area contributed by atoms with Crippen LogP contribution in [0.4, 0.5) is 5.69 Å². The summed E-state index contributed by atoms with van der Waals surface area (Å²) in [7, 11) is 0. The second-order valence-corrected chi connectivity index (χ2v) is 11.3. The number of aryl methyl sites for hydroxylation is 1. The van der Waals surface area contributed by atoms with Gasteiger partial charge in [0, 0.05) is 41.4 Å². The lowest BCUT2D eigenvalue weighted by atomic mass is 9.68. The van der Waals surface area contributed by atoms with E-state index in [0.29, 0.717) is 5.56 Å². The number of hydrogen-bond acceptors (Lipinski definition) is 4. The molecule has 2 aliphatic carbocycles. The molecule has 2 heterocycles. The molecule has 2 aromatic carbocycles. The number of likely N-dealkylation sites (tertiary alicyclic amines) is 1. The van der Waals surface area contributed by atoms with Crippen molar-refractivity contribution in [3.05, 3.63) is 69.3 Å². The van der Waals surface area contributed by atoms with E-state index in [4.69, 9.17) is 0 Å². The van der Waals surface area contributed by atoms with Crippen molar-refractivity contribution in [2.75, 3.05) is 31.1 Å². The van der Waals surface area contributed by atoms with E-state index in [9.17, 15) is 10.1 Å². The van der Waals surface area contributed by atoms with E-state index in [2.05, 4.69) is 48.8 Å². The van der Waals surface area contributed by atoms with Crippen molar-refractivity contribution in [3.63, 3.8) is 0 Å². The summed E-state index contributed by atoms with van der Waals surface area (Å²) in [5.41, 5.74) is 9.33. The van der Waals surface area contributed by atoms with Crippen LogP contribution >= 0.6 is 0 Å². The van der Waals surface area contributed by atoms with Crippen molar-refractivity contribution in [2.24, 2.45) is 0 Å².